The van der Waals surface area contributed by atoms with Crippen LogP contribution in [0.25, 0.3) is 0 Å². The summed E-state index contributed by atoms with van der Waals surface area (Å²) in [7, 11) is 0. The summed E-state index contributed by atoms with van der Waals surface area (Å²) >= 11 is 0. The van der Waals surface area contributed by atoms with Crippen molar-refractivity contribution >= 4 is 11.8 Å². The minimum atomic E-state index is -0.755. The van der Waals surface area contributed by atoms with Crippen LogP contribution in [0.3, 0.4) is 0 Å². The number of rotatable bonds is 7. The summed E-state index contributed by atoms with van der Waals surface area (Å²) in [6.07, 6.45) is 0.886. The van der Waals surface area contributed by atoms with Crippen molar-refractivity contribution in [3.63, 3.8) is 0 Å². The van der Waals surface area contributed by atoms with E-state index in [9.17, 15) is 14.7 Å². The number of aliphatic hydroxyl groups excluding tert-OH is 1. The SMILES string of the molecule is CC[C@H](C(=O)C1=C(O)C(CCc2ccccc2)OC1=O)c1ccccc1. The third kappa shape index (κ3) is 3.69. The normalized spacial score (nSPS) is 17.9. The van der Waals surface area contributed by atoms with Crippen LogP contribution in [-0.2, 0) is 20.7 Å². The lowest BCUT2D eigenvalue weighted by Gasteiger charge is -2.13. The van der Waals surface area contributed by atoms with Crippen molar-refractivity contribution in [1.29, 1.82) is 0 Å². The van der Waals surface area contributed by atoms with Crippen molar-refractivity contribution < 1.29 is 19.4 Å². The zero-order valence-electron chi connectivity index (χ0n) is 14.7. The van der Waals surface area contributed by atoms with Gasteiger partial charge in [-0.1, -0.05) is 67.6 Å². The highest BCUT2D eigenvalue weighted by molar-refractivity contribution is 6.21. The molecule has 1 unspecified atom stereocenters. The van der Waals surface area contributed by atoms with Crippen LogP contribution in [0.5, 0.6) is 0 Å². The number of carbonyl (C=O) groups is 2. The second-order valence-corrected chi connectivity index (χ2v) is 6.41. The lowest BCUT2D eigenvalue weighted by molar-refractivity contribution is -0.141. The molecule has 26 heavy (non-hydrogen) atoms. The number of carbonyl (C=O) groups excluding carboxylic acids is 2. The molecule has 2 aromatic carbocycles. The van der Waals surface area contributed by atoms with E-state index >= 15 is 0 Å². The first-order valence-electron chi connectivity index (χ1n) is 8.89. The number of benzene rings is 2. The van der Waals surface area contributed by atoms with Gasteiger partial charge in [0, 0.05) is 5.92 Å². The van der Waals surface area contributed by atoms with Gasteiger partial charge in [-0.05, 0) is 30.4 Å². The van der Waals surface area contributed by atoms with Crippen LogP contribution >= 0.6 is 0 Å². The van der Waals surface area contributed by atoms with Gasteiger partial charge in [0.2, 0.25) is 0 Å². The minimum Gasteiger partial charge on any atom is -0.507 e. The lowest BCUT2D eigenvalue weighted by atomic mass is 9.88. The Morgan fingerprint density at radius 3 is 2.31 bits per heavy atom. The summed E-state index contributed by atoms with van der Waals surface area (Å²) in [5.41, 5.74) is 1.73. The molecule has 0 aliphatic carbocycles. The molecule has 0 saturated heterocycles. The fourth-order valence-corrected chi connectivity index (χ4v) is 3.31. The molecule has 0 bridgehead atoms. The smallest absolute Gasteiger partial charge is 0.346 e. The molecule has 0 aromatic heterocycles. The number of ether oxygens (including phenoxy) is 1. The average Bonchev–Trinajstić information content (AvgIpc) is 2.95. The minimum absolute atomic E-state index is 0.196. The van der Waals surface area contributed by atoms with Crippen LogP contribution in [0.4, 0.5) is 0 Å². The Balaban J connectivity index is 1.78. The Morgan fingerprint density at radius 1 is 1.08 bits per heavy atom. The summed E-state index contributed by atoms with van der Waals surface area (Å²) in [6, 6.07) is 19.1. The summed E-state index contributed by atoms with van der Waals surface area (Å²) in [4.78, 5) is 25.1. The molecule has 0 spiro atoms. The molecule has 3 rings (SSSR count). The number of hydrogen-bond donors (Lipinski definition) is 1. The van der Waals surface area contributed by atoms with Crippen LogP contribution < -0.4 is 0 Å². The summed E-state index contributed by atoms with van der Waals surface area (Å²) in [5.74, 6) is -1.79. The zero-order valence-corrected chi connectivity index (χ0v) is 14.7. The first kappa shape index (κ1) is 17.9. The maximum absolute atomic E-state index is 12.9. The molecule has 0 amide bonds. The molecule has 0 radical (unpaired) electrons. The molecule has 0 fully saturated rings. The van der Waals surface area contributed by atoms with Gasteiger partial charge in [-0.25, -0.2) is 4.79 Å². The van der Waals surface area contributed by atoms with Crippen molar-refractivity contribution in [2.75, 3.05) is 0 Å². The van der Waals surface area contributed by atoms with E-state index in [0.29, 0.717) is 19.3 Å². The monoisotopic (exact) mass is 350 g/mol. The second-order valence-electron chi connectivity index (χ2n) is 6.41. The van der Waals surface area contributed by atoms with Crippen molar-refractivity contribution in [1.82, 2.24) is 0 Å². The number of hydrogen-bond acceptors (Lipinski definition) is 4. The Kier molecular flexibility index (Phi) is 5.52. The fraction of sp³-hybridized carbons (Fsp3) is 0.273. The number of ketones is 1. The molecule has 1 aliphatic rings. The Labute approximate surface area is 153 Å². The van der Waals surface area contributed by atoms with Crippen LogP contribution in [0.15, 0.2) is 72.0 Å². The van der Waals surface area contributed by atoms with E-state index in [2.05, 4.69) is 0 Å². The van der Waals surface area contributed by atoms with E-state index in [-0.39, 0.29) is 17.1 Å². The summed E-state index contributed by atoms with van der Waals surface area (Å²) < 4.78 is 5.28. The van der Waals surface area contributed by atoms with E-state index in [1.54, 1.807) is 0 Å². The Hall–Kier alpha value is -2.88. The standard InChI is InChI=1S/C22H22O4/c1-2-17(16-11-7-4-8-12-16)20(23)19-21(24)18(26-22(19)25)14-13-15-9-5-3-6-10-15/h3-12,17-18,24H,2,13-14H2,1H3/t17-,18?/m0/s1. The van der Waals surface area contributed by atoms with Gasteiger partial charge in [-0.3, -0.25) is 4.79 Å². The van der Waals surface area contributed by atoms with E-state index in [4.69, 9.17) is 4.74 Å². The van der Waals surface area contributed by atoms with Crippen molar-refractivity contribution in [3.8, 4) is 0 Å². The second kappa shape index (κ2) is 8.00. The van der Waals surface area contributed by atoms with Crippen molar-refractivity contribution in [2.45, 2.75) is 38.2 Å². The number of esters is 1. The maximum Gasteiger partial charge on any atom is 0.346 e. The largest absolute Gasteiger partial charge is 0.507 e. The lowest BCUT2D eigenvalue weighted by Crippen LogP contribution is -2.19. The molecule has 1 heterocycles. The number of cyclic esters (lactones) is 1. The molecule has 4 heteroatoms. The zero-order chi connectivity index (χ0) is 18.5. The first-order valence-corrected chi connectivity index (χ1v) is 8.89. The molecular weight excluding hydrogens is 328 g/mol. The van der Waals surface area contributed by atoms with Gasteiger partial charge in [0.05, 0.1) is 0 Å². The summed E-state index contributed by atoms with van der Waals surface area (Å²) in [5, 5.41) is 10.5. The van der Waals surface area contributed by atoms with Gasteiger partial charge in [0.1, 0.15) is 5.57 Å². The fourth-order valence-electron chi connectivity index (χ4n) is 3.31. The summed E-state index contributed by atoms with van der Waals surface area (Å²) in [6.45, 7) is 1.89. The van der Waals surface area contributed by atoms with Crippen LogP contribution in [0.2, 0.25) is 0 Å². The highest BCUT2D eigenvalue weighted by Gasteiger charge is 2.40. The van der Waals surface area contributed by atoms with Gasteiger partial charge in [0.25, 0.3) is 0 Å². The quantitative estimate of drug-likeness (QED) is 0.603. The number of aryl methyl sites for hydroxylation is 1. The van der Waals surface area contributed by atoms with Crippen LogP contribution in [0, 0.1) is 0 Å². The topological polar surface area (TPSA) is 63.6 Å². The van der Waals surface area contributed by atoms with E-state index in [1.807, 2.05) is 67.6 Å². The molecule has 4 nitrogen and oxygen atoms in total. The van der Waals surface area contributed by atoms with Crippen molar-refractivity contribution in [2.24, 2.45) is 0 Å². The van der Waals surface area contributed by atoms with E-state index in [1.165, 1.54) is 0 Å². The molecule has 1 N–H and O–H groups in total. The molecule has 2 aromatic rings. The van der Waals surface area contributed by atoms with E-state index in [0.717, 1.165) is 11.1 Å². The molecule has 2 atom stereocenters. The van der Waals surface area contributed by atoms with Gasteiger partial charge in [-0.2, -0.15) is 0 Å². The van der Waals surface area contributed by atoms with Gasteiger partial charge in [0.15, 0.2) is 17.6 Å². The third-order valence-corrected chi connectivity index (χ3v) is 4.73. The predicted molar refractivity (Wildman–Crippen MR) is 98.8 cm³/mol. The van der Waals surface area contributed by atoms with E-state index < -0.39 is 18.0 Å². The maximum atomic E-state index is 12.9. The molecule has 0 saturated carbocycles. The van der Waals surface area contributed by atoms with Gasteiger partial charge < -0.3 is 9.84 Å². The Bertz CT molecular complexity index is 809. The number of Topliss-reactive ketones (excluding diaryl/α,β-unsaturated/α-hetero) is 1. The predicted octanol–water partition coefficient (Wildman–Crippen LogP) is 4.12. The molecule has 134 valence electrons. The average molecular weight is 350 g/mol. The third-order valence-electron chi connectivity index (χ3n) is 4.73. The van der Waals surface area contributed by atoms with Crippen LogP contribution in [-0.4, -0.2) is 23.0 Å². The van der Waals surface area contributed by atoms with Crippen LogP contribution in [0.1, 0.15) is 36.8 Å². The van der Waals surface area contributed by atoms with Gasteiger partial charge in [-0.15, -0.1) is 0 Å². The highest BCUT2D eigenvalue weighted by atomic mass is 16.6. The highest BCUT2D eigenvalue weighted by Crippen LogP contribution is 2.31. The van der Waals surface area contributed by atoms with Crippen molar-refractivity contribution in [3.05, 3.63) is 83.1 Å². The number of aliphatic hydroxyl groups is 1. The first-order chi connectivity index (χ1) is 12.6. The molecular formula is C22H22O4. The van der Waals surface area contributed by atoms with Gasteiger partial charge >= 0.3 is 5.97 Å². The Morgan fingerprint density at radius 2 is 1.69 bits per heavy atom. The molecule has 1 aliphatic heterocycles.